The number of hydrogen-bond donors (Lipinski definition) is 0. The van der Waals surface area contributed by atoms with Crippen LogP contribution in [-0.2, 0) is 0 Å². The molecule has 0 spiro atoms. The molecule has 0 heterocycles. The van der Waals surface area contributed by atoms with Crippen LogP contribution in [0, 0.1) is 16.2 Å². The van der Waals surface area contributed by atoms with E-state index in [1.54, 1.807) is 0 Å². The van der Waals surface area contributed by atoms with Gasteiger partial charge in [0.1, 0.15) is 0 Å². The average molecular weight is 621 g/mol. The Morgan fingerprint density at radius 3 is 0.891 bits per heavy atom. The molecular formula is C39H54N7-3. The number of rotatable bonds is 12. The van der Waals surface area contributed by atoms with Gasteiger partial charge in [-0.1, -0.05) is 171 Å². The molecule has 0 saturated heterocycles. The standard InChI is InChI=1S/C39H54N7/c1-37(2,3)34(43-31-19-13-10-14-20-31)40-25-28-46(29-26-41-35(38(4,5)6)44-32-21-15-11-16-22-32)30-27-42-36(39(7,8)9)45-33-23-17-12-18-24-33/h10-24H,25-30H2,1-9H3/q-3. The lowest BCUT2D eigenvalue weighted by molar-refractivity contribution is 0.311. The van der Waals surface area contributed by atoms with E-state index in [2.05, 4.69) is 67.2 Å². The van der Waals surface area contributed by atoms with Gasteiger partial charge in [-0.2, -0.15) is 0 Å². The highest BCUT2D eigenvalue weighted by molar-refractivity contribution is 6.01. The van der Waals surface area contributed by atoms with Crippen LogP contribution in [0.3, 0.4) is 0 Å². The Bertz CT molecular complexity index is 1220. The Hall–Kier alpha value is -3.97. The molecule has 0 aliphatic carbocycles. The van der Waals surface area contributed by atoms with E-state index in [0.29, 0.717) is 19.6 Å². The van der Waals surface area contributed by atoms with Crippen molar-refractivity contribution in [1.82, 2.24) is 4.90 Å². The summed E-state index contributed by atoms with van der Waals surface area (Å²) in [6.07, 6.45) is 0. The van der Waals surface area contributed by atoms with Gasteiger partial charge in [-0.15, -0.1) is 0 Å². The van der Waals surface area contributed by atoms with Crippen LogP contribution in [0.4, 0.5) is 17.1 Å². The van der Waals surface area contributed by atoms with E-state index in [1.165, 1.54) is 0 Å². The molecule has 248 valence electrons. The van der Waals surface area contributed by atoms with Gasteiger partial charge in [0.25, 0.3) is 0 Å². The molecule has 0 amide bonds. The quantitative estimate of drug-likeness (QED) is 0.146. The van der Waals surface area contributed by atoms with Crippen molar-refractivity contribution in [3.8, 4) is 0 Å². The summed E-state index contributed by atoms with van der Waals surface area (Å²) in [6, 6.07) is 30.2. The lowest BCUT2D eigenvalue weighted by Crippen LogP contribution is -2.34. The van der Waals surface area contributed by atoms with Gasteiger partial charge in [0.05, 0.1) is 0 Å². The first-order chi connectivity index (χ1) is 21.7. The highest BCUT2D eigenvalue weighted by atomic mass is 15.2. The second kappa shape index (κ2) is 17.1. The lowest BCUT2D eigenvalue weighted by Gasteiger charge is -2.36. The first kappa shape index (κ1) is 36.5. The molecule has 3 aromatic carbocycles. The number of para-hydroxylation sites is 3. The summed E-state index contributed by atoms with van der Waals surface area (Å²) in [6.45, 7) is 23.7. The highest BCUT2D eigenvalue weighted by Crippen LogP contribution is 2.27. The minimum atomic E-state index is -0.170. The summed E-state index contributed by atoms with van der Waals surface area (Å²) >= 11 is 0. The van der Waals surface area contributed by atoms with Crippen molar-refractivity contribution in [2.75, 3.05) is 39.3 Å². The van der Waals surface area contributed by atoms with Crippen LogP contribution >= 0.6 is 0 Å². The van der Waals surface area contributed by atoms with Crippen LogP contribution in [0.1, 0.15) is 62.3 Å². The van der Waals surface area contributed by atoms with Crippen molar-refractivity contribution in [2.24, 2.45) is 31.2 Å². The van der Waals surface area contributed by atoms with Crippen LogP contribution in [0.2, 0.25) is 0 Å². The maximum Gasteiger partial charge on any atom is -0.00258 e. The number of hydrogen-bond acceptors (Lipinski definition) is 4. The van der Waals surface area contributed by atoms with E-state index in [0.717, 1.165) is 54.2 Å². The van der Waals surface area contributed by atoms with Crippen molar-refractivity contribution in [2.45, 2.75) is 62.3 Å². The molecule has 0 radical (unpaired) electrons. The van der Waals surface area contributed by atoms with Gasteiger partial charge in [0.15, 0.2) is 0 Å². The fraction of sp³-hybridized carbons (Fsp3) is 0.462. The molecule has 7 nitrogen and oxygen atoms in total. The van der Waals surface area contributed by atoms with Crippen molar-refractivity contribution >= 4 is 34.6 Å². The van der Waals surface area contributed by atoms with Gasteiger partial charge in [-0.3, -0.25) is 0 Å². The molecule has 0 saturated carbocycles. The molecule has 0 bridgehead atoms. The zero-order valence-electron chi connectivity index (χ0n) is 29.5. The summed E-state index contributed by atoms with van der Waals surface area (Å²) in [4.78, 5) is 17.1. The van der Waals surface area contributed by atoms with Crippen LogP contribution in [0.25, 0.3) is 16.0 Å². The monoisotopic (exact) mass is 620 g/mol. The first-order valence-electron chi connectivity index (χ1n) is 16.4. The molecule has 0 aliphatic heterocycles. The minimum Gasteiger partial charge on any atom is -0.467 e. The van der Waals surface area contributed by atoms with Crippen molar-refractivity contribution in [3.63, 3.8) is 0 Å². The molecule has 3 rings (SSSR count). The second-order valence-corrected chi connectivity index (χ2v) is 14.5. The van der Waals surface area contributed by atoms with Gasteiger partial charge in [-0.05, 0) is 72.6 Å². The van der Waals surface area contributed by atoms with Crippen LogP contribution in [0.5, 0.6) is 0 Å². The predicted octanol–water partition coefficient (Wildman–Crippen LogP) is 10.7. The topological polar surface area (TPSA) is 82.6 Å². The van der Waals surface area contributed by atoms with Crippen molar-refractivity contribution in [3.05, 3.63) is 107 Å². The maximum atomic E-state index is 5.01. The van der Waals surface area contributed by atoms with Crippen LogP contribution in [0.15, 0.2) is 106 Å². The molecule has 46 heavy (non-hydrogen) atoms. The Kier molecular flexibility index (Phi) is 13.6. The normalized spacial score (nSPS) is 13.6. The number of amidine groups is 3. The Morgan fingerprint density at radius 1 is 0.435 bits per heavy atom. The zero-order valence-corrected chi connectivity index (χ0v) is 29.5. The van der Waals surface area contributed by atoms with E-state index in [4.69, 9.17) is 30.9 Å². The second-order valence-electron chi connectivity index (χ2n) is 14.5. The van der Waals surface area contributed by atoms with Gasteiger partial charge in [0, 0.05) is 0 Å². The van der Waals surface area contributed by atoms with Gasteiger partial charge in [0.2, 0.25) is 0 Å². The summed E-state index contributed by atoms with van der Waals surface area (Å²) < 4.78 is 0. The van der Waals surface area contributed by atoms with Gasteiger partial charge < -0.3 is 35.8 Å². The predicted molar refractivity (Wildman–Crippen MR) is 200 cm³/mol. The molecule has 0 aliphatic rings. The summed E-state index contributed by atoms with van der Waals surface area (Å²) in [5.41, 5.74) is 2.25. The Morgan fingerprint density at radius 2 is 0.674 bits per heavy atom. The number of benzene rings is 3. The fourth-order valence-corrected chi connectivity index (χ4v) is 4.42. The van der Waals surface area contributed by atoms with E-state index in [1.807, 2.05) is 91.0 Å². The maximum absolute atomic E-state index is 5.01. The molecule has 7 heteroatoms. The van der Waals surface area contributed by atoms with Crippen molar-refractivity contribution < 1.29 is 0 Å². The fourth-order valence-electron chi connectivity index (χ4n) is 4.42. The van der Waals surface area contributed by atoms with E-state index >= 15 is 0 Å². The Labute approximate surface area is 278 Å². The zero-order chi connectivity index (χ0) is 33.6. The molecule has 0 atom stereocenters. The first-order valence-corrected chi connectivity index (χ1v) is 16.4. The van der Waals surface area contributed by atoms with E-state index in [9.17, 15) is 0 Å². The van der Waals surface area contributed by atoms with Gasteiger partial charge >= 0.3 is 0 Å². The third-order valence-electron chi connectivity index (χ3n) is 7.02. The summed E-state index contributed by atoms with van der Waals surface area (Å²) in [7, 11) is 0. The van der Waals surface area contributed by atoms with E-state index < -0.39 is 0 Å². The van der Waals surface area contributed by atoms with Gasteiger partial charge in [-0.25, -0.2) is 0 Å². The molecule has 3 aromatic rings. The summed E-state index contributed by atoms with van der Waals surface area (Å²) in [5, 5.41) is 15.0. The molecule has 0 fully saturated rings. The Balaban J connectivity index is 1.72. The molecule has 0 aromatic heterocycles. The minimum absolute atomic E-state index is 0.170. The largest absolute Gasteiger partial charge is 0.467 e. The SMILES string of the molecule is CC(C)(C)C(=Nc1ccccc1)[N-]CCN(CC[N-]C(=Nc1ccccc1)C(C)(C)C)CC[N-]C(=Nc1ccccc1)C(C)(C)C. The third-order valence-corrected chi connectivity index (χ3v) is 7.02. The number of aliphatic imine (C=N–C) groups is 3. The average Bonchev–Trinajstić information content (AvgIpc) is 2.99. The van der Waals surface area contributed by atoms with Crippen LogP contribution in [-0.4, -0.2) is 61.7 Å². The summed E-state index contributed by atoms with van der Waals surface area (Å²) in [5.74, 6) is 2.55. The molecule has 0 unspecified atom stereocenters. The molecular weight excluding hydrogens is 566 g/mol. The highest BCUT2D eigenvalue weighted by Gasteiger charge is 2.15. The number of nitrogens with zero attached hydrogens (tertiary/aromatic N) is 7. The van der Waals surface area contributed by atoms with E-state index in [-0.39, 0.29) is 16.2 Å². The lowest BCUT2D eigenvalue weighted by atomic mass is 9.94. The van der Waals surface area contributed by atoms with Crippen LogP contribution < -0.4 is 0 Å². The smallest absolute Gasteiger partial charge is 0.00258 e. The van der Waals surface area contributed by atoms with Crippen molar-refractivity contribution in [1.29, 1.82) is 0 Å². The molecule has 0 N–H and O–H groups in total. The third kappa shape index (κ3) is 13.2.